The first-order valence-electron chi connectivity index (χ1n) is 7.50. The Bertz CT molecular complexity index is 1080. The van der Waals surface area contributed by atoms with Gasteiger partial charge >= 0.3 is 0 Å². The van der Waals surface area contributed by atoms with E-state index >= 15 is 0 Å². The second-order valence-electron chi connectivity index (χ2n) is 5.95. The highest BCUT2D eigenvalue weighted by molar-refractivity contribution is 7.92. The number of anilines is 1. The molecule has 124 valence electrons. The number of hydrogen-bond acceptors (Lipinski definition) is 3. The Morgan fingerprint density at radius 2 is 1.58 bits per heavy atom. The van der Waals surface area contributed by atoms with Gasteiger partial charge in [0.25, 0.3) is 10.0 Å². The summed E-state index contributed by atoms with van der Waals surface area (Å²) in [7, 11) is -3.71. The summed E-state index contributed by atoms with van der Waals surface area (Å²) in [5.41, 5.74) is 3.48. The van der Waals surface area contributed by atoms with E-state index in [1.54, 1.807) is 38.1 Å². The number of fused-ring (bicyclic) bond motifs is 1. The minimum atomic E-state index is -3.71. The molecule has 0 spiro atoms. The maximum atomic E-state index is 12.7. The number of benzene rings is 2. The van der Waals surface area contributed by atoms with Gasteiger partial charge in [0, 0.05) is 17.1 Å². The smallest absolute Gasteiger partial charge is 0.261 e. The molecule has 0 unspecified atom stereocenters. The number of pyridine rings is 1. The van der Waals surface area contributed by atoms with Crippen molar-refractivity contribution in [2.75, 3.05) is 4.72 Å². The van der Waals surface area contributed by atoms with Crippen molar-refractivity contribution in [3.63, 3.8) is 0 Å². The van der Waals surface area contributed by atoms with Crippen LogP contribution in [0.1, 0.15) is 16.7 Å². The summed E-state index contributed by atoms with van der Waals surface area (Å²) >= 11 is 0. The van der Waals surface area contributed by atoms with Crippen LogP contribution in [0.15, 0.2) is 52.2 Å². The van der Waals surface area contributed by atoms with E-state index in [0.717, 1.165) is 16.5 Å². The minimum Gasteiger partial charge on any atom is -0.322 e. The van der Waals surface area contributed by atoms with E-state index < -0.39 is 10.0 Å². The quantitative estimate of drug-likeness (QED) is 0.767. The summed E-state index contributed by atoms with van der Waals surface area (Å²) in [5.74, 6) is 0. The predicted octanol–water partition coefficient (Wildman–Crippen LogP) is 3.25. The Labute approximate surface area is 140 Å². The van der Waals surface area contributed by atoms with Gasteiger partial charge in [-0.15, -0.1) is 0 Å². The fourth-order valence-electron chi connectivity index (χ4n) is 2.66. The van der Waals surface area contributed by atoms with E-state index in [-0.39, 0.29) is 10.5 Å². The average molecular weight is 342 g/mol. The fourth-order valence-corrected chi connectivity index (χ4v) is 3.82. The molecule has 2 aromatic carbocycles. The molecule has 0 aliphatic carbocycles. The van der Waals surface area contributed by atoms with Gasteiger partial charge in [0.2, 0.25) is 5.56 Å². The zero-order valence-corrected chi connectivity index (χ0v) is 14.5. The Hall–Kier alpha value is -2.60. The number of sulfonamides is 1. The summed E-state index contributed by atoms with van der Waals surface area (Å²) in [5, 5.41) is 0.721. The van der Waals surface area contributed by atoms with Gasteiger partial charge in [0.05, 0.1) is 10.4 Å². The third-order valence-corrected chi connectivity index (χ3v) is 5.30. The first kappa shape index (κ1) is 16.3. The second kappa shape index (κ2) is 5.79. The summed E-state index contributed by atoms with van der Waals surface area (Å²) in [6.45, 7) is 5.51. The van der Waals surface area contributed by atoms with Gasteiger partial charge in [0.1, 0.15) is 0 Å². The van der Waals surface area contributed by atoms with E-state index in [2.05, 4.69) is 9.71 Å². The molecule has 3 rings (SSSR count). The van der Waals surface area contributed by atoms with Gasteiger partial charge in [0.15, 0.2) is 0 Å². The van der Waals surface area contributed by atoms with Crippen molar-refractivity contribution in [2.45, 2.75) is 25.7 Å². The van der Waals surface area contributed by atoms with Crippen LogP contribution < -0.4 is 10.3 Å². The maximum absolute atomic E-state index is 12.7. The molecule has 0 amide bonds. The van der Waals surface area contributed by atoms with Crippen molar-refractivity contribution in [2.24, 2.45) is 0 Å². The van der Waals surface area contributed by atoms with Crippen LogP contribution in [0.2, 0.25) is 0 Å². The monoisotopic (exact) mass is 342 g/mol. The fraction of sp³-hybridized carbons (Fsp3) is 0.167. The lowest BCUT2D eigenvalue weighted by Gasteiger charge is -2.12. The molecule has 2 N–H and O–H groups in total. The number of aromatic amines is 1. The highest BCUT2D eigenvalue weighted by Gasteiger charge is 2.17. The first-order valence-corrected chi connectivity index (χ1v) is 8.98. The third-order valence-electron chi connectivity index (χ3n) is 3.94. The largest absolute Gasteiger partial charge is 0.322 e. The second-order valence-corrected chi connectivity index (χ2v) is 7.63. The molecule has 0 aliphatic heterocycles. The summed E-state index contributed by atoms with van der Waals surface area (Å²) in [4.78, 5) is 14.6. The lowest BCUT2D eigenvalue weighted by atomic mass is 10.1. The van der Waals surface area contributed by atoms with Crippen molar-refractivity contribution in [3.8, 4) is 0 Å². The number of hydrogen-bond donors (Lipinski definition) is 2. The van der Waals surface area contributed by atoms with Gasteiger partial charge < -0.3 is 4.98 Å². The molecule has 0 fully saturated rings. The number of H-pyrrole nitrogens is 1. The molecule has 1 heterocycles. The van der Waals surface area contributed by atoms with Crippen LogP contribution >= 0.6 is 0 Å². The number of aromatic nitrogens is 1. The van der Waals surface area contributed by atoms with E-state index in [4.69, 9.17) is 0 Å². The normalized spacial score (nSPS) is 11.6. The minimum absolute atomic E-state index is 0.170. The Balaban J connectivity index is 2.11. The zero-order chi connectivity index (χ0) is 17.5. The van der Waals surface area contributed by atoms with Crippen LogP contribution in [0.5, 0.6) is 0 Å². The molecule has 1 aromatic heterocycles. The number of nitrogens with one attached hydrogen (secondary N) is 2. The van der Waals surface area contributed by atoms with E-state index in [0.29, 0.717) is 16.8 Å². The van der Waals surface area contributed by atoms with Gasteiger partial charge in [-0.2, -0.15) is 0 Å². The van der Waals surface area contributed by atoms with Crippen molar-refractivity contribution >= 4 is 26.6 Å². The topological polar surface area (TPSA) is 79.0 Å². The molecule has 6 heteroatoms. The molecule has 0 saturated heterocycles. The predicted molar refractivity (Wildman–Crippen MR) is 96.0 cm³/mol. The molecule has 5 nitrogen and oxygen atoms in total. The number of rotatable bonds is 3. The SMILES string of the molecule is Cc1ccc(NS(=O)(=O)c2cc(C)c3[nH]c(=O)cc(C)c3c2)cc1. The average Bonchev–Trinajstić information content (AvgIpc) is 2.50. The van der Waals surface area contributed by atoms with Crippen molar-refractivity contribution in [1.29, 1.82) is 0 Å². The highest BCUT2D eigenvalue weighted by atomic mass is 32.2. The van der Waals surface area contributed by atoms with Crippen LogP contribution in [-0.4, -0.2) is 13.4 Å². The van der Waals surface area contributed by atoms with E-state index in [1.807, 2.05) is 19.1 Å². The van der Waals surface area contributed by atoms with Crippen LogP contribution in [0.3, 0.4) is 0 Å². The summed E-state index contributed by atoms with van der Waals surface area (Å²) in [6.07, 6.45) is 0. The molecule has 0 radical (unpaired) electrons. The standard InChI is InChI=1S/C18H18N2O3S/c1-11-4-6-14(7-5-11)20-24(22,23)15-8-13(3)18-16(10-15)12(2)9-17(21)19-18/h4-10,20H,1-3H3,(H,19,21). The van der Waals surface area contributed by atoms with Crippen LogP contribution in [0.4, 0.5) is 5.69 Å². The third kappa shape index (κ3) is 3.05. The molecule has 0 bridgehead atoms. The Morgan fingerprint density at radius 1 is 0.917 bits per heavy atom. The van der Waals surface area contributed by atoms with Crippen LogP contribution in [0, 0.1) is 20.8 Å². The van der Waals surface area contributed by atoms with Gasteiger partial charge in [-0.25, -0.2) is 8.42 Å². The van der Waals surface area contributed by atoms with Crippen LogP contribution in [-0.2, 0) is 10.0 Å². The van der Waals surface area contributed by atoms with Crippen molar-refractivity contribution < 1.29 is 8.42 Å². The maximum Gasteiger partial charge on any atom is 0.261 e. The molecule has 3 aromatic rings. The first-order chi connectivity index (χ1) is 11.3. The van der Waals surface area contributed by atoms with Gasteiger partial charge in [-0.1, -0.05) is 17.7 Å². The lowest BCUT2D eigenvalue weighted by molar-refractivity contribution is 0.601. The van der Waals surface area contributed by atoms with Gasteiger partial charge in [-0.05, 0) is 56.2 Å². The van der Waals surface area contributed by atoms with Crippen LogP contribution in [0.25, 0.3) is 10.9 Å². The number of aryl methyl sites for hydroxylation is 3. The van der Waals surface area contributed by atoms with Crippen molar-refractivity contribution in [1.82, 2.24) is 4.98 Å². The molecule has 0 aliphatic rings. The Kier molecular flexibility index (Phi) is 3.93. The van der Waals surface area contributed by atoms with Crippen molar-refractivity contribution in [3.05, 3.63) is 69.5 Å². The zero-order valence-electron chi connectivity index (χ0n) is 13.7. The molecular formula is C18H18N2O3S. The highest BCUT2D eigenvalue weighted by Crippen LogP contribution is 2.25. The van der Waals surface area contributed by atoms with E-state index in [9.17, 15) is 13.2 Å². The van der Waals surface area contributed by atoms with E-state index in [1.165, 1.54) is 6.07 Å². The Morgan fingerprint density at radius 3 is 2.25 bits per heavy atom. The molecule has 24 heavy (non-hydrogen) atoms. The summed E-state index contributed by atoms with van der Waals surface area (Å²) < 4.78 is 27.9. The van der Waals surface area contributed by atoms with Gasteiger partial charge in [-0.3, -0.25) is 9.52 Å². The summed E-state index contributed by atoms with van der Waals surface area (Å²) in [6, 6.07) is 11.8. The molecular weight excluding hydrogens is 324 g/mol. The lowest BCUT2D eigenvalue weighted by Crippen LogP contribution is -2.14. The molecule has 0 saturated carbocycles. The molecule has 0 atom stereocenters.